The van der Waals surface area contributed by atoms with Gasteiger partial charge in [0, 0.05) is 26.2 Å². The minimum Gasteiger partial charge on any atom is -0.395 e. The Labute approximate surface area is 91.6 Å². The van der Waals surface area contributed by atoms with Gasteiger partial charge in [0.15, 0.2) is 0 Å². The van der Waals surface area contributed by atoms with Crippen molar-refractivity contribution in [2.75, 3.05) is 39.3 Å². The van der Waals surface area contributed by atoms with Crippen molar-refractivity contribution >= 4 is 5.91 Å². The Morgan fingerprint density at radius 2 is 1.88 bits per heavy atom. The van der Waals surface area contributed by atoms with Crippen LogP contribution in [-0.4, -0.2) is 66.3 Å². The zero-order valence-electron chi connectivity index (χ0n) is 8.83. The molecule has 0 bridgehead atoms. The highest BCUT2D eigenvalue weighted by molar-refractivity contribution is 5.81. The van der Waals surface area contributed by atoms with Gasteiger partial charge in [-0.05, 0) is 13.0 Å². The van der Waals surface area contributed by atoms with Gasteiger partial charge in [-0.15, -0.1) is 0 Å². The van der Waals surface area contributed by atoms with Gasteiger partial charge in [0.1, 0.15) is 0 Å². The summed E-state index contributed by atoms with van der Waals surface area (Å²) >= 11 is 0. The molecule has 1 aliphatic heterocycles. The molecule has 1 N–H and O–H groups in total. The minimum absolute atomic E-state index is 0.0206. The van der Waals surface area contributed by atoms with Crippen LogP contribution in [0.2, 0.25) is 0 Å². The normalized spacial score (nSPS) is 19.6. The van der Waals surface area contributed by atoms with Gasteiger partial charge in [-0.2, -0.15) is 13.2 Å². The van der Waals surface area contributed by atoms with E-state index in [0.717, 1.165) is 4.90 Å². The largest absolute Gasteiger partial charge is 0.471 e. The Morgan fingerprint density at radius 3 is 2.44 bits per heavy atom. The average Bonchev–Trinajstić information content (AvgIpc) is 2.41. The maximum atomic E-state index is 12.2. The predicted octanol–water partition coefficient (Wildman–Crippen LogP) is 0.0753. The van der Waals surface area contributed by atoms with Crippen molar-refractivity contribution in [2.45, 2.75) is 12.6 Å². The summed E-state index contributed by atoms with van der Waals surface area (Å²) in [5.74, 6) is -1.77. The summed E-state index contributed by atoms with van der Waals surface area (Å²) in [6.45, 7) is 1.60. The number of hydrogen-bond donors (Lipinski definition) is 1. The summed E-state index contributed by atoms with van der Waals surface area (Å²) in [5.41, 5.74) is 0. The van der Waals surface area contributed by atoms with E-state index in [1.807, 2.05) is 4.90 Å². The molecule has 0 aromatic carbocycles. The van der Waals surface area contributed by atoms with Crippen LogP contribution in [0, 0.1) is 0 Å². The zero-order valence-corrected chi connectivity index (χ0v) is 8.83. The van der Waals surface area contributed by atoms with Crippen LogP contribution in [0.3, 0.4) is 0 Å². The molecule has 0 aromatic heterocycles. The molecule has 1 heterocycles. The lowest BCUT2D eigenvalue weighted by molar-refractivity contribution is -0.185. The Hall–Kier alpha value is -0.820. The van der Waals surface area contributed by atoms with Crippen LogP contribution in [0.4, 0.5) is 13.2 Å². The fourth-order valence-electron chi connectivity index (χ4n) is 1.72. The molecule has 0 radical (unpaired) electrons. The van der Waals surface area contributed by atoms with Crippen molar-refractivity contribution in [1.29, 1.82) is 0 Å². The Balaban J connectivity index is 2.50. The second-order valence-corrected chi connectivity index (χ2v) is 3.71. The Kier molecular flexibility index (Phi) is 4.55. The van der Waals surface area contributed by atoms with Crippen LogP contribution in [0.15, 0.2) is 0 Å². The Morgan fingerprint density at radius 1 is 1.19 bits per heavy atom. The van der Waals surface area contributed by atoms with Crippen LogP contribution in [0.1, 0.15) is 6.42 Å². The van der Waals surface area contributed by atoms with E-state index in [2.05, 4.69) is 0 Å². The summed E-state index contributed by atoms with van der Waals surface area (Å²) in [7, 11) is 0. The lowest BCUT2D eigenvalue weighted by Crippen LogP contribution is -2.43. The van der Waals surface area contributed by atoms with Gasteiger partial charge in [-0.3, -0.25) is 9.69 Å². The van der Waals surface area contributed by atoms with E-state index in [9.17, 15) is 18.0 Å². The van der Waals surface area contributed by atoms with Crippen molar-refractivity contribution in [3.8, 4) is 0 Å². The monoisotopic (exact) mass is 240 g/mol. The van der Waals surface area contributed by atoms with Crippen LogP contribution in [0.25, 0.3) is 0 Å². The molecule has 0 aromatic rings. The first-order chi connectivity index (χ1) is 7.45. The third kappa shape index (κ3) is 3.64. The van der Waals surface area contributed by atoms with E-state index in [1.54, 1.807) is 0 Å². The fraction of sp³-hybridized carbons (Fsp3) is 0.889. The lowest BCUT2D eigenvalue weighted by atomic mass is 10.3. The molecule has 94 valence electrons. The highest BCUT2D eigenvalue weighted by Crippen LogP contribution is 2.19. The molecule has 1 fully saturated rings. The highest BCUT2D eigenvalue weighted by atomic mass is 19.4. The first-order valence-electron chi connectivity index (χ1n) is 5.14. The van der Waals surface area contributed by atoms with Gasteiger partial charge in [0.25, 0.3) is 0 Å². The molecule has 7 heteroatoms. The summed E-state index contributed by atoms with van der Waals surface area (Å²) in [6, 6.07) is 0. The number of nitrogens with zero attached hydrogens (tertiary/aromatic N) is 2. The molecule has 1 rings (SSSR count). The van der Waals surface area contributed by atoms with E-state index in [1.165, 1.54) is 0 Å². The number of aliphatic hydroxyl groups is 1. The molecule has 0 saturated carbocycles. The van der Waals surface area contributed by atoms with Gasteiger partial charge >= 0.3 is 12.1 Å². The molecule has 1 saturated heterocycles. The zero-order chi connectivity index (χ0) is 12.2. The van der Waals surface area contributed by atoms with Crippen molar-refractivity contribution < 1.29 is 23.1 Å². The number of halogens is 3. The van der Waals surface area contributed by atoms with E-state index in [4.69, 9.17) is 5.11 Å². The quantitative estimate of drug-likeness (QED) is 0.743. The summed E-state index contributed by atoms with van der Waals surface area (Å²) < 4.78 is 36.5. The maximum absolute atomic E-state index is 12.2. The van der Waals surface area contributed by atoms with Gasteiger partial charge in [0.2, 0.25) is 0 Å². The van der Waals surface area contributed by atoms with Crippen LogP contribution >= 0.6 is 0 Å². The SMILES string of the molecule is O=C(N1CCCN(CCO)CC1)C(F)(F)F. The van der Waals surface area contributed by atoms with E-state index in [0.29, 0.717) is 26.1 Å². The molecular formula is C9H15F3N2O2. The number of hydrogen-bond acceptors (Lipinski definition) is 3. The molecule has 0 aliphatic carbocycles. The van der Waals surface area contributed by atoms with Crippen molar-refractivity contribution in [2.24, 2.45) is 0 Å². The van der Waals surface area contributed by atoms with E-state index < -0.39 is 12.1 Å². The summed E-state index contributed by atoms with van der Waals surface area (Å²) in [5, 5.41) is 8.71. The van der Waals surface area contributed by atoms with Crippen molar-refractivity contribution in [3.05, 3.63) is 0 Å². The van der Waals surface area contributed by atoms with E-state index >= 15 is 0 Å². The second-order valence-electron chi connectivity index (χ2n) is 3.71. The lowest BCUT2D eigenvalue weighted by Gasteiger charge is -2.22. The standard InChI is InChI=1S/C9H15F3N2O2/c10-9(11,12)8(16)14-3-1-2-13(4-5-14)6-7-15/h15H,1-7H2. The smallest absolute Gasteiger partial charge is 0.395 e. The molecule has 0 atom stereocenters. The number of β-amino-alcohol motifs (C(OH)–C–C–N with tert-alkyl or cyclic N) is 1. The van der Waals surface area contributed by atoms with Crippen LogP contribution in [0.5, 0.6) is 0 Å². The number of amides is 1. The topological polar surface area (TPSA) is 43.8 Å². The van der Waals surface area contributed by atoms with Gasteiger partial charge in [0.05, 0.1) is 6.61 Å². The number of aliphatic hydroxyl groups excluding tert-OH is 1. The minimum atomic E-state index is -4.79. The molecule has 4 nitrogen and oxygen atoms in total. The van der Waals surface area contributed by atoms with Gasteiger partial charge in [-0.1, -0.05) is 0 Å². The van der Waals surface area contributed by atoms with Crippen molar-refractivity contribution in [1.82, 2.24) is 9.80 Å². The molecular weight excluding hydrogens is 225 g/mol. The van der Waals surface area contributed by atoms with Gasteiger partial charge < -0.3 is 10.0 Å². The fourth-order valence-corrected chi connectivity index (χ4v) is 1.72. The van der Waals surface area contributed by atoms with Crippen LogP contribution in [-0.2, 0) is 4.79 Å². The number of rotatable bonds is 2. The van der Waals surface area contributed by atoms with E-state index in [-0.39, 0.29) is 19.7 Å². The summed E-state index contributed by atoms with van der Waals surface area (Å²) in [6.07, 6.45) is -4.28. The third-order valence-electron chi connectivity index (χ3n) is 2.53. The predicted molar refractivity (Wildman–Crippen MR) is 50.8 cm³/mol. The highest BCUT2D eigenvalue weighted by Gasteiger charge is 2.42. The first-order valence-corrected chi connectivity index (χ1v) is 5.14. The first kappa shape index (κ1) is 13.2. The third-order valence-corrected chi connectivity index (χ3v) is 2.53. The molecule has 16 heavy (non-hydrogen) atoms. The van der Waals surface area contributed by atoms with Gasteiger partial charge in [-0.25, -0.2) is 0 Å². The summed E-state index contributed by atoms with van der Waals surface area (Å²) in [4.78, 5) is 13.7. The van der Waals surface area contributed by atoms with Crippen molar-refractivity contribution in [3.63, 3.8) is 0 Å². The Bertz CT molecular complexity index is 245. The molecule has 1 amide bonds. The molecule has 0 unspecified atom stereocenters. The second kappa shape index (κ2) is 5.49. The number of alkyl halides is 3. The molecule has 1 aliphatic rings. The number of carbonyl (C=O) groups is 1. The maximum Gasteiger partial charge on any atom is 0.471 e. The van der Waals surface area contributed by atoms with Crippen LogP contribution < -0.4 is 0 Å². The molecule has 0 spiro atoms. The average molecular weight is 240 g/mol. The number of carbonyl (C=O) groups excluding carboxylic acids is 1.